The molecule has 6 heteroatoms. The Bertz CT molecular complexity index is 673. The van der Waals surface area contributed by atoms with Gasteiger partial charge in [-0.3, -0.25) is 9.78 Å². The number of hydrogen-bond acceptors (Lipinski definition) is 4. The fraction of sp³-hybridized carbons (Fsp3) is 0.235. The molecule has 2 rings (SSSR count). The number of amides is 1. The number of pyridine rings is 1. The third-order valence-corrected chi connectivity index (χ3v) is 3.21. The molecule has 23 heavy (non-hydrogen) atoms. The predicted molar refractivity (Wildman–Crippen MR) is 83.7 cm³/mol. The zero-order valence-corrected chi connectivity index (χ0v) is 12.7. The van der Waals surface area contributed by atoms with Crippen LogP contribution in [-0.4, -0.2) is 22.2 Å². The van der Waals surface area contributed by atoms with Crippen LogP contribution in [-0.2, 0) is 16.1 Å². The van der Waals surface area contributed by atoms with Gasteiger partial charge < -0.3 is 15.2 Å². The Morgan fingerprint density at radius 1 is 1.26 bits per heavy atom. The molecule has 0 fully saturated rings. The molecule has 0 unspecified atom stereocenters. The maximum Gasteiger partial charge on any atom is 0.407 e. The predicted octanol–water partition coefficient (Wildman–Crippen LogP) is 2.83. The minimum atomic E-state index is -1.01. The average molecular weight is 314 g/mol. The molecular weight excluding hydrogens is 296 g/mol. The highest BCUT2D eigenvalue weighted by atomic mass is 16.5. The topological polar surface area (TPSA) is 88.5 Å². The van der Waals surface area contributed by atoms with Crippen LogP contribution in [0.3, 0.4) is 0 Å². The number of carboxylic acids is 1. The van der Waals surface area contributed by atoms with Crippen LogP contribution in [0.25, 0.3) is 0 Å². The molecule has 0 bridgehead atoms. The second kappa shape index (κ2) is 7.93. The highest BCUT2D eigenvalue weighted by Gasteiger charge is 2.19. The summed E-state index contributed by atoms with van der Waals surface area (Å²) in [6.07, 6.45) is 0.690. The fourth-order valence-corrected chi connectivity index (χ4v) is 2.12. The minimum Gasteiger partial charge on any atom is -0.481 e. The SMILES string of the molecule is Cc1cc([C@H](CC(=O)O)NC(=O)OCc2ccccc2)ccn1. The molecule has 2 aromatic rings. The summed E-state index contributed by atoms with van der Waals surface area (Å²) in [6, 6.07) is 12.0. The highest BCUT2D eigenvalue weighted by molar-refractivity contribution is 5.72. The smallest absolute Gasteiger partial charge is 0.407 e. The number of aryl methyl sites for hydroxylation is 1. The van der Waals surface area contributed by atoms with E-state index in [-0.39, 0.29) is 13.0 Å². The molecule has 0 spiro atoms. The number of nitrogens with zero attached hydrogens (tertiary/aromatic N) is 1. The molecule has 0 aliphatic heterocycles. The van der Waals surface area contributed by atoms with Crippen molar-refractivity contribution in [3.63, 3.8) is 0 Å². The lowest BCUT2D eigenvalue weighted by molar-refractivity contribution is -0.137. The van der Waals surface area contributed by atoms with Gasteiger partial charge in [0.25, 0.3) is 0 Å². The van der Waals surface area contributed by atoms with Crippen LogP contribution in [0.2, 0.25) is 0 Å². The third kappa shape index (κ3) is 5.43. The van der Waals surface area contributed by atoms with Gasteiger partial charge in [-0.15, -0.1) is 0 Å². The number of ether oxygens (including phenoxy) is 1. The Kier molecular flexibility index (Phi) is 5.68. The van der Waals surface area contributed by atoms with Crippen molar-refractivity contribution in [2.45, 2.75) is 26.0 Å². The summed E-state index contributed by atoms with van der Waals surface area (Å²) in [6.45, 7) is 1.93. The van der Waals surface area contributed by atoms with Crippen LogP contribution in [0.1, 0.15) is 29.3 Å². The van der Waals surface area contributed by atoms with Gasteiger partial charge in [-0.1, -0.05) is 30.3 Å². The molecule has 0 radical (unpaired) electrons. The van der Waals surface area contributed by atoms with Gasteiger partial charge in [0.2, 0.25) is 0 Å². The number of carboxylic acid groups (broad SMARTS) is 1. The van der Waals surface area contributed by atoms with Gasteiger partial charge >= 0.3 is 12.1 Å². The Morgan fingerprint density at radius 3 is 2.65 bits per heavy atom. The van der Waals surface area contributed by atoms with Gasteiger partial charge in [0.05, 0.1) is 12.5 Å². The van der Waals surface area contributed by atoms with Gasteiger partial charge in [0, 0.05) is 11.9 Å². The van der Waals surface area contributed by atoms with E-state index in [1.54, 1.807) is 25.3 Å². The zero-order chi connectivity index (χ0) is 16.7. The molecule has 1 amide bonds. The van der Waals surface area contributed by atoms with Gasteiger partial charge in [-0.2, -0.15) is 0 Å². The standard InChI is InChI=1S/C17H18N2O4/c1-12-9-14(7-8-18-12)15(10-16(20)21)19-17(22)23-11-13-5-3-2-4-6-13/h2-9,15H,10-11H2,1H3,(H,19,22)(H,20,21)/t15-/m0/s1. The van der Waals surface area contributed by atoms with Crippen molar-refractivity contribution < 1.29 is 19.4 Å². The molecule has 2 N–H and O–H groups in total. The highest BCUT2D eigenvalue weighted by Crippen LogP contribution is 2.17. The molecule has 0 saturated heterocycles. The maximum atomic E-state index is 11.9. The summed E-state index contributed by atoms with van der Waals surface area (Å²) in [5, 5.41) is 11.6. The maximum absolute atomic E-state index is 11.9. The second-order valence-corrected chi connectivity index (χ2v) is 5.09. The molecule has 0 aliphatic rings. The quantitative estimate of drug-likeness (QED) is 0.856. The van der Waals surface area contributed by atoms with Crippen molar-refractivity contribution in [1.29, 1.82) is 0 Å². The van der Waals surface area contributed by atoms with E-state index < -0.39 is 18.1 Å². The van der Waals surface area contributed by atoms with Crippen LogP contribution in [0.5, 0.6) is 0 Å². The lowest BCUT2D eigenvalue weighted by Crippen LogP contribution is -2.30. The van der Waals surface area contributed by atoms with Crippen LogP contribution in [0.15, 0.2) is 48.7 Å². The van der Waals surface area contributed by atoms with Crippen molar-refractivity contribution in [3.05, 3.63) is 65.5 Å². The molecule has 0 aliphatic carbocycles. The Balaban J connectivity index is 1.99. The summed E-state index contributed by atoms with van der Waals surface area (Å²) < 4.78 is 5.13. The lowest BCUT2D eigenvalue weighted by atomic mass is 10.0. The molecule has 6 nitrogen and oxygen atoms in total. The first-order valence-electron chi connectivity index (χ1n) is 7.16. The number of alkyl carbamates (subject to hydrolysis) is 1. The number of aliphatic carboxylic acids is 1. The summed E-state index contributed by atoms with van der Waals surface area (Å²) in [7, 11) is 0. The van der Waals surface area contributed by atoms with E-state index in [0.717, 1.165) is 11.3 Å². The Hall–Kier alpha value is -2.89. The van der Waals surface area contributed by atoms with E-state index >= 15 is 0 Å². The van der Waals surface area contributed by atoms with Crippen LogP contribution < -0.4 is 5.32 Å². The minimum absolute atomic E-state index is 0.127. The van der Waals surface area contributed by atoms with E-state index in [0.29, 0.717) is 5.56 Å². The first-order chi connectivity index (χ1) is 11.0. The third-order valence-electron chi connectivity index (χ3n) is 3.21. The summed E-state index contributed by atoms with van der Waals surface area (Å²) in [4.78, 5) is 27.0. The Labute approximate surface area is 134 Å². The van der Waals surface area contributed by atoms with Crippen molar-refractivity contribution in [1.82, 2.24) is 10.3 Å². The first kappa shape index (κ1) is 16.5. The van der Waals surface area contributed by atoms with Gasteiger partial charge in [0.15, 0.2) is 0 Å². The second-order valence-electron chi connectivity index (χ2n) is 5.09. The fourth-order valence-electron chi connectivity index (χ4n) is 2.12. The molecule has 1 aromatic heterocycles. The molecule has 0 saturated carbocycles. The van der Waals surface area contributed by atoms with Crippen molar-refractivity contribution in [3.8, 4) is 0 Å². The lowest BCUT2D eigenvalue weighted by Gasteiger charge is -2.17. The van der Waals surface area contributed by atoms with E-state index in [1.165, 1.54) is 0 Å². The van der Waals surface area contributed by atoms with Gasteiger partial charge in [-0.25, -0.2) is 4.79 Å². The van der Waals surface area contributed by atoms with Crippen molar-refractivity contribution in [2.75, 3.05) is 0 Å². The number of carbonyl (C=O) groups is 2. The summed E-state index contributed by atoms with van der Waals surface area (Å²) in [5.74, 6) is -1.01. The number of rotatable bonds is 6. The van der Waals surface area contributed by atoms with Gasteiger partial charge in [-0.05, 0) is 30.2 Å². The number of aromatic nitrogens is 1. The van der Waals surface area contributed by atoms with Crippen molar-refractivity contribution in [2.24, 2.45) is 0 Å². The molecule has 1 heterocycles. The van der Waals surface area contributed by atoms with E-state index in [4.69, 9.17) is 9.84 Å². The average Bonchev–Trinajstić information content (AvgIpc) is 2.53. The number of benzene rings is 1. The summed E-state index contributed by atoms with van der Waals surface area (Å²) >= 11 is 0. The first-order valence-corrected chi connectivity index (χ1v) is 7.16. The van der Waals surface area contributed by atoms with E-state index in [2.05, 4.69) is 10.3 Å². The monoisotopic (exact) mass is 314 g/mol. The molecular formula is C17H18N2O4. The number of nitrogens with one attached hydrogen (secondary N) is 1. The number of hydrogen-bond donors (Lipinski definition) is 2. The zero-order valence-electron chi connectivity index (χ0n) is 12.7. The number of carbonyl (C=O) groups excluding carboxylic acids is 1. The molecule has 1 aromatic carbocycles. The summed E-state index contributed by atoms with van der Waals surface area (Å²) in [5.41, 5.74) is 2.28. The van der Waals surface area contributed by atoms with Crippen LogP contribution >= 0.6 is 0 Å². The van der Waals surface area contributed by atoms with Crippen LogP contribution in [0.4, 0.5) is 4.79 Å². The Morgan fingerprint density at radius 2 is 2.00 bits per heavy atom. The normalized spacial score (nSPS) is 11.5. The molecule has 1 atom stereocenters. The van der Waals surface area contributed by atoms with E-state index in [9.17, 15) is 9.59 Å². The van der Waals surface area contributed by atoms with Crippen molar-refractivity contribution >= 4 is 12.1 Å². The van der Waals surface area contributed by atoms with Crippen LogP contribution in [0, 0.1) is 6.92 Å². The largest absolute Gasteiger partial charge is 0.481 e. The van der Waals surface area contributed by atoms with Gasteiger partial charge in [0.1, 0.15) is 6.61 Å². The van der Waals surface area contributed by atoms with E-state index in [1.807, 2.05) is 30.3 Å². The molecule has 120 valence electrons.